The van der Waals surface area contributed by atoms with E-state index in [-0.39, 0.29) is 12.2 Å². The number of hydrogen-bond donors (Lipinski definition) is 0. The largest absolute Gasteiger partial charge is 0.461 e. The maximum absolute atomic E-state index is 14.0. The average Bonchev–Trinajstić information content (AvgIpc) is 2.38. The Hall–Kier alpha value is -2.04. The van der Waals surface area contributed by atoms with E-state index >= 15 is 0 Å². The Bertz CT molecular complexity index is 579. The van der Waals surface area contributed by atoms with Crippen LogP contribution in [0.1, 0.15) is 12.5 Å². The number of fused-ring (bicyclic) bond motifs is 1. The van der Waals surface area contributed by atoms with Crippen LogP contribution in [0.5, 0.6) is 0 Å². The number of aromatic nitrogens is 1. The minimum Gasteiger partial charge on any atom is -0.461 e. The molecule has 0 aliphatic rings. The Balaban J connectivity index is 2.56. The van der Waals surface area contributed by atoms with E-state index in [0.717, 1.165) is 0 Å². The van der Waals surface area contributed by atoms with E-state index in [9.17, 15) is 13.6 Å². The number of benzene rings is 1. The Kier molecular flexibility index (Phi) is 3.23. The molecule has 1 aromatic heterocycles. The molecule has 0 aliphatic heterocycles. The Morgan fingerprint density at radius 2 is 2.17 bits per heavy atom. The van der Waals surface area contributed by atoms with Crippen molar-refractivity contribution in [2.75, 3.05) is 6.61 Å². The number of hydrogen-bond acceptors (Lipinski definition) is 3. The highest BCUT2D eigenvalue weighted by atomic mass is 19.3. The lowest BCUT2D eigenvalue weighted by Crippen LogP contribution is -2.28. The van der Waals surface area contributed by atoms with Crippen molar-refractivity contribution in [1.82, 2.24) is 4.98 Å². The molecule has 0 fully saturated rings. The van der Waals surface area contributed by atoms with Crippen LogP contribution in [-0.2, 0) is 15.5 Å². The molecule has 0 unspecified atom stereocenters. The van der Waals surface area contributed by atoms with Crippen LogP contribution < -0.4 is 0 Å². The van der Waals surface area contributed by atoms with Gasteiger partial charge in [0.05, 0.1) is 6.61 Å². The predicted molar refractivity (Wildman–Crippen MR) is 62.3 cm³/mol. The summed E-state index contributed by atoms with van der Waals surface area (Å²) in [6.07, 6.45) is 2.88. The lowest BCUT2D eigenvalue weighted by Gasteiger charge is -2.16. The number of pyridine rings is 1. The van der Waals surface area contributed by atoms with E-state index in [1.165, 1.54) is 37.5 Å². The van der Waals surface area contributed by atoms with Gasteiger partial charge in [-0.15, -0.1) is 0 Å². The molecule has 2 aromatic rings. The van der Waals surface area contributed by atoms with Gasteiger partial charge in [0.15, 0.2) is 0 Å². The van der Waals surface area contributed by atoms with E-state index in [1.54, 1.807) is 6.07 Å². The van der Waals surface area contributed by atoms with Crippen LogP contribution >= 0.6 is 0 Å². The van der Waals surface area contributed by atoms with Crippen molar-refractivity contribution >= 4 is 16.7 Å². The van der Waals surface area contributed by atoms with E-state index < -0.39 is 11.9 Å². The van der Waals surface area contributed by atoms with E-state index in [1.807, 2.05) is 0 Å². The Morgan fingerprint density at radius 1 is 1.39 bits per heavy atom. The summed E-state index contributed by atoms with van der Waals surface area (Å²) in [7, 11) is 0. The Morgan fingerprint density at radius 3 is 2.89 bits per heavy atom. The van der Waals surface area contributed by atoms with Gasteiger partial charge in [0.1, 0.15) is 0 Å². The second-order valence-electron chi connectivity index (χ2n) is 3.70. The van der Waals surface area contributed by atoms with Gasteiger partial charge in [-0.1, -0.05) is 18.2 Å². The molecule has 2 rings (SSSR count). The molecule has 94 valence electrons. The van der Waals surface area contributed by atoms with Crippen LogP contribution in [0.4, 0.5) is 8.78 Å². The third-order valence-corrected chi connectivity index (χ3v) is 2.55. The van der Waals surface area contributed by atoms with Crippen molar-refractivity contribution in [3.05, 3.63) is 42.2 Å². The van der Waals surface area contributed by atoms with Crippen LogP contribution in [0.3, 0.4) is 0 Å². The zero-order valence-electron chi connectivity index (χ0n) is 9.69. The molecule has 0 N–H and O–H groups in total. The molecule has 18 heavy (non-hydrogen) atoms. The van der Waals surface area contributed by atoms with Gasteiger partial charge in [-0.2, -0.15) is 8.78 Å². The maximum Gasteiger partial charge on any atom is 0.382 e. The first-order valence-electron chi connectivity index (χ1n) is 5.45. The first kappa shape index (κ1) is 12.4. The van der Waals surface area contributed by atoms with Crippen LogP contribution in [0, 0.1) is 0 Å². The van der Waals surface area contributed by atoms with Gasteiger partial charge in [0, 0.05) is 23.3 Å². The zero-order valence-corrected chi connectivity index (χ0v) is 9.69. The van der Waals surface area contributed by atoms with Crippen molar-refractivity contribution in [2.45, 2.75) is 12.8 Å². The molecule has 0 atom stereocenters. The standard InChI is InChI=1S/C13H11F2NO2/c1-2-18-12(17)13(14,15)11-5-3-4-9-8-16-7-6-10(9)11/h3-8H,2H2,1H3. The van der Waals surface area contributed by atoms with E-state index in [4.69, 9.17) is 0 Å². The third-order valence-electron chi connectivity index (χ3n) is 2.55. The fourth-order valence-electron chi connectivity index (χ4n) is 1.73. The van der Waals surface area contributed by atoms with Crippen LogP contribution in [0.15, 0.2) is 36.7 Å². The van der Waals surface area contributed by atoms with Crippen molar-refractivity contribution in [3.63, 3.8) is 0 Å². The molecule has 0 saturated carbocycles. The molecule has 1 aromatic carbocycles. The summed E-state index contributed by atoms with van der Waals surface area (Å²) in [5.41, 5.74) is -0.360. The third kappa shape index (κ3) is 2.03. The van der Waals surface area contributed by atoms with Gasteiger partial charge in [-0.05, 0) is 18.4 Å². The molecule has 0 amide bonds. The lowest BCUT2D eigenvalue weighted by atomic mass is 10.0. The number of halogens is 2. The van der Waals surface area contributed by atoms with Crippen molar-refractivity contribution < 1.29 is 18.3 Å². The molecule has 0 saturated heterocycles. The Labute approximate surface area is 102 Å². The number of carbonyl (C=O) groups is 1. The fraction of sp³-hybridized carbons (Fsp3) is 0.231. The van der Waals surface area contributed by atoms with E-state index in [2.05, 4.69) is 9.72 Å². The highest BCUT2D eigenvalue weighted by molar-refractivity contribution is 5.91. The van der Waals surface area contributed by atoms with Gasteiger partial charge in [0.2, 0.25) is 0 Å². The molecular formula is C13H11F2NO2. The molecule has 0 radical (unpaired) electrons. The number of carbonyl (C=O) groups excluding carboxylic acids is 1. The number of alkyl halides is 2. The molecule has 1 heterocycles. The van der Waals surface area contributed by atoms with Crippen LogP contribution in [0.25, 0.3) is 10.8 Å². The highest BCUT2D eigenvalue weighted by Crippen LogP contribution is 2.34. The lowest BCUT2D eigenvalue weighted by molar-refractivity contribution is -0.172. The molecule has 0 spiro atoms. The smallest absolute Gasteiger partial charge is 0.382 e. The van der Waals surface area contributed by atoms with Crippen LogP contribution in [-0.4, -0.2) is 17.6 Å². The van der Waals surface area contributed by atoms with Crippen molar-refractivity contribution in [1.29, 1.82) is 0 Å². The van der Waals surface area contributed by atoms with E-state index in [0.29, 0.717) is 10.8 Å². The zero-order chi connectivity index (χ0) is 13.2. The second-order valence-corrected chi connectivity index (χ2v) is 3.70. The summed E-state index contributed by atoms with van der Waals surface area (Å²) >= 11 is 0. The normalized spacial score (nSPS) is 11.5. The summed E-state index contributed by atoms with van der Waals surface area (Å²) in [6, 6.07) is 5.80. The molecule has 0 bridgehead atoms. The first-order valence-corrected chi connectivity index (χ1v) is 5.45. The summed E-state index contributed by atoms with van der Waals surface area (Å²) in [6.45, 7) is 1.40. The van der Waals surface area contributed by atoms with Crippen molar-refractivity contribution in [3.8, 4) is 0 Å². The fourth-order valence-corrected chi connectivity index (χ4v) is 1.73. The number of esters is 1. The quantitative estimate of drug-likeness (QED) is 0.787. The first-order chi connectivity index (χ1) is 8.57. The SMILES string of the molecule is CCOC(=O)C(F)(F)c1cccc2cnccc12. The minimum atomic E-state index is -3.66. The number of nitrogens with zero attached hydrogens (tertiary/aromatic N) is 1. The summed E-state index contributed by atoms with van der Waals surface area (Å²) in [4.78, 5) is 15.2. The van der Waals surface area contributed by atoms with Gasteiger partial charge in [-0.25, -0.2) is 4.79 Å². The average molecular weight is 251 g/mol. The monoisotopic (exact) mass is 251 g/mol. The number of rotatable bonds is 3. The summed E-state index contributed by atoms with van der Waals surface area (Å²) in [5, 5.41) is 0.851. The predicted octanol–water partition coefficient (Wildman–Crippen LogP) is 2.89. The molecule has 3 nitrogen and oxygen atoms in total. The summed E-state index contributed by atoms with van der Waals surface area (Å²) in [5.74, 6) is -5.19. The molecule has 0 aliphatic carbocycles. The summed E-state index contributed by atoms with van der Waals surface area (Å²) < 4.78 is 32.3. The van der Waals surface area contributed by atoms with Gasteiger partial charge in [-0.3, -0.25) is 4.98 Å². The minimum absolute atomic E-state index is 0.0826. The van der Waals surface area contributed by atoms with Gasteiger partial charge < -0.3 is 4.74 Å². The van der Waals surface area contributed by atoms with Gasteiger partial charge in [0.25, 0.3) is 0 Å². The molecular weight excluding hydrogens is 240 g/mol. The second kappa shape index (κ2) is 4.68. The van der Waals surface area contributed by atoms with Crippen molar-refractivity contribution in [2.24, 2.45) is 0 Å². The van der Waals surface area contributed by atoms with Crippen LogP contribution in [0.2, 0.25) is 0 Å². The number of ether oxygens (including phenoxy) is 1. The highest BCUT2D eigenvalue weighted by Gasteiger charge is 2.43. The molecule has 5 heteroatoms. The van der Waals surface area contributed by atoms with Gasteiger partial charge >= 0.3 is 11.9 Å². The maximum atomic E-state index is 14.0. The topological polar surface area (TPSA) is 39.2 Å².